The van der Waals surface area contributed by atoms with Gasteiger partial charge in [0.2, 0.25) is 0 Å². The summed E-state index contributed by atoms with van der Waals surface area (Å²) in [5.41, 5.74) is 3.73. The van der Waals surface area contributed by atoms with E-state index in [-0.39, 0.29) is 5.91 Å². The van der Waals surface area contributed by atoms with Crippen molar-refractivity contribution in [1.29, 1.82) is 0 Å². The van der Waals surface area contributed by atoms with Gasteiger partial charge in [-0.2, -0.15) is 0 Å². The number of likely N-dealkylation sites (tertiary alicyclic amines) is 2. The van der Waals surface area contributed by atoms with E-state index in [4.69, 9.17) is 4.74 Å². The molecule has 1 amide bonds. The summed E-state index contributed by atoms with van der Waals surface area (Å²) in [4.78, 5) is 22.4. The molecule has 1 unspecified atom stereocenters. The number of pyridine rings is 1. The highest BCUT2D eigenvalue weighted by Crippen LogP contribution is 2.23. The minimum Gasteiger partial charge on any atom is -0.487 e. The fourth-order valence-electron chi connectivity index (χ4n) is 5.27. The fraction of sp³-hybridized carbons (Fsp3) is 0.500. The zero-order chi connectivity index (χ0) is 23.5. The van der Waals surface area contributed by atoms with E-state index in [1.54, 1.807) is 0 Å². The summed E-state index contributed by atoms with van der Waals surface area (Å²) in [6, 6.07) is 11.6. The molecule has 0 spiro atoms. The van der Waals surface area contributed by atoms with Crippen LogP contribution in [0.4, 0.5) is 0 Å². The maximum absolute atomic E-state index is 13.2. The fourth-order valence-corrected chi connectivity index (χ4v) is 5.27. The van der Waals surface area contributed by atoms with Gasteiger partial charge in [0.25, 0.3) is 5.91 Å². The van der Waals surface area contributed by atoms with Crippen LogP contribution in [0.15, 0.2) is 48.8 Å². The third kappa shape index (κ3) is 5.44. The highest BCUT2D eigenvalue weighted by Gasteiger charge is 2.27. The number of benzene rings is 1. The molecular weight excluding hydrogens is 424 g/mol. The number of ether oxygens (including phenoxy) is 1. The molecule has 3 aromatic rings. The number of rotatable bonds is 6. The normalized spacial score (nSPS) is 20.1. The first-order valence-electron chi connectivity index (χ1n) is 12.7. The summed E-state index contributed by atoms with van der Waals surface area (Å²) in [6.07, 6.45) is 8.99. The standard InChI is InChI=1S/C28H36N4O2/c1-21-11-14-30(15-12-21)17-23-4-3-13-31(18-23)28(33)24-6-8-26(9-7-24)34-20-25-19-32-16-22(2)5-10-27(32)29-25/h5-10,16,19,21,23H,3-4,11-15,17-18,20H2,1-2H3. The summed E-state index contributed by atoms with van der Waals surface area (Å²) < 4.78 is 7.96. The second-order valence-corrected chi connectivity index (χ2v) is 10.3. The third-order valence-corrected chi connectivity index (χ3v) is 7.34. The van der Waals surface area contributed by atoms with Crippen LogP contribution in [-0.4, -0.2) is 57.8 Å². The molecular formula is C28H36N4O2. The molecule has 2 aliphatic heterocycles. The van der Waals surface area contributed by atoms with Crippen molar-refractivity contribution in [3.05, 3.63) is 65.6 Å². The Morgan fingerprint density at radius 1 is 1.03 bits per heavy atom. The van der Waals surface area contributed by atoms with Crippen molar-refractivity contribution in [2.75, 3.05) is 32.7 Å². The molecule has 0 aliphatic carbocycles. The Hall–Kier alpha value is -2.86. The summed E-state index contributed by atoms with van der Waals surface area (Å²) in [6.45, 7) is 10.1. The second-order valence-electron chi connectivity index (χ2n) is 10.3. The highest BCUT2D eigenvalue weighted by molar-refractivity contribution is 5.94. The van der Waals surface area contributed by atoms with E-state index in [2.05, 4.69) is 40.9 Å². The molecule has 2 fully saturated rings. The highest BCUT2D eigenvalue weighted by atomic mass is 16.5. The molecule has 2 aromatic heterocycles. The number of aromatic nitrogens is 2. The van der Waals surface area contributed by atoms with Crippen molar-refractivity contribution in [2.24, 2.45) is 11.8 Å². The Kier molecular flexibility index (Phi) is 6.86. The molecule has 2 aliphatic rings. The second kappa shape index (κ2) is 10.2. The molecule has 4 heterocycles. The predicted octanol–water partition coefficient (Wildman–Crippen LogP) is 4.81. The molecule has 180 valence electrons. The van der Waals surface area contributed by atoms with Gasteiger partial charge in [-0.15, -0.1) is 0 Å². The molecule has 0 N–H and O–H groups in total. The van der Waals surface area contributed by atoms with E-state index in [1.807, 2.05) is 40.9 Å². The Balaban J connectivity index is 1.14. The Labute approximate surface area is 202 Å². The van der Waals surface area contributed by atoms with E-state index >= 15 is 0 Å². The zero-order valence-electron chi connectivity index (χ0n) is 20.4. The molecule has 34 heavy (non-hydrogen) atoms. The van der Waals surface area contributed by atoms with Gasteiger partial charge in [0, 0.05) is 37.6 Å². The SMILES string of the molecule is Cc1ccc2nc(COc3ccc(C(=O)N4CCCC(CN5CCC(C)CC5)C4)cc3)cn2c1. The van der Waals surface area contributed by atoms with Crippen molar-refractivity contribution in [3.8, 4) is 5.75 Å². The first kappa shape index (κ1) is 22.9. The van der Waals surface area contributed by atoms with Gasteiger partial charge in [0.15, 0.2) is 0 Å². The Morgan fingerprint density at radius 3 is 2.62 bits per heavy atom. The lowest BCUT2D eigenvalue weighted by molar-refractivity contribution is 0.0622. The van der Waals surface area contributed by atoms with Crippen molar-refractivity contribution in [2.45, 2.75) is 46.1 Å². The lowest BCUT2D eigenvalue weighted by atomic mass is 9.94. The van der Waals surface area contributed by atoms with Gasteiger partial charge in [-0.1, -0.05) is 13.0 Å². The van der Waals surface area contributed by atoms with Crippen molar-refractivity contribution >= 4 is 11.6 Å². The van der Waals surface area contributed by atoms with E-state index in [0.717, 1.165) is 54.6 Å². The number of imidazole rings is 1. The van der Waals surface area contributed by atoms with Crippen LogP contribution in [0.1, 0.15) is 54.2 Å². The van der Waals surface area contributed by atoms with E-state index in [9.17, 15) is 4.79 Å². The number of amides is 1. The Bertz CT molecular complexity index is 1120. The largest absolute Gasteiger partial charge is 0.487 e. The number of hydrogen-bond donors (Lipinski definition) is 0. The molecule has 6 heteroatoms. The quantitative estimate of drug-likeness (QED) is 0.530. The molecule has 5 rings (SSSR count). The van der Waals surface area contributed by atoms with Crippen LogP contribution in [-0.2, 0) is 6.61 Å². The lowest BCUT2D eigenvalue weighted by Crippen LogP contribution is -2.45. The van der Waals surface area contributed by atoms with Crippen LogP contribution in [0.25, 0.3) is 5.65 Å². The first-order chi connectivity index (χ1) is 16.5. The molecule has 0 radical (unpaired) electrons. The van der Waals surface area contributed by atoms with Crippen molar-refractivity contribution in [1.82, 2.24) is 19.2 Å². The van der Waals surface area contributed by atoms with Crippen LogP contribution < -0.4 is 4.74 Å². The van der Waals surface area contributed by atoms with E-state index < -0.39 is 0 Å². The van der Waals surface area contributed by atoms with Gasteiger partial charge in [0.05, 0.1) is 5.69 Å². The maximum Gasteiger partial charge on any atom is 0.253 e. The number of piperidine rings is 2. The minimum atomic E-state index is 0.138. The molecule has 2 saturated heterocycles. The number of nitrogens with zero attached hydrogens (tertiary/aromatic N) is 4. The number of aryl methyl sites for hydroxylation is 1. The number of hydrogen-bond acceptors (Lipinski definition) is 4. The summed E-state index contributed by atoms with van der Waals surface area (Å²) in [7, 11) is 0. The molecule has 6 nitrogen and oxygen atoms in total. The first-order valence-corrected chi connectivity index (χ1v) is 12.7. The summed E-state index contributed by atoms with van der Waals surface area (Å²) in [5, 5.41) is 0. The van der Waals surface area contributed by atoms with E-state index in [0.29, 0.717) is 12.5 Å². The number of carbonyl (C=O) groups is 1. The number of fused-ring (bicyclic) bond motifs is 1. The zero-order valence-corrected chi connectivity index (χ0v) is 20.4. The smallest absolute Gasteiger partial charge is 0.253 e. The monoisotopic (exact) mass is 460 g/mol. The topological polar surface area (TPSA) is 50.1 Å². The average molecular weight is 461 g/mol. The summed E-state index contributed by atoms with van der Waals surface area (Å²) >= 11 is 0. The third-order valence-electron chi connectivity index (χ3n) is 7.34. The molecule has 1 atom stereocenters. The van der Waals surface area contributed by atoms with Crippen LogP contribution in [0.2, 0.25) is 0 Å². The average Bonchev–Trinajstić information content (AvgIpc) is 3.26. The van der Waals surface area contributed by atoms with Crippen LogP contribution in [0.3, 0.4) is 0 Å². The van der Waals surface area contributed by atoms with Crippen LogP contribution in [0, 0.1) is 18.8 Å². The van der Waals surface area contributed by atoms with Crippen molar-refractivity contribution < 1.29 is 9.53 Å². The maximum atomic E-state index is 13.2. The Morgan fingerprint density at radius 2 is 1.82 bits per heavy atom. The van der Waals surface area contributed by atoms with Gasteiger partial charge >= 0.3 is 0 Å². The predicted molar refractivity (Wildman–Crippen MR) is 134 cm³/mol. The van der Waals surface area contributed by atoms with Crippen molar-refractivity contribution in [3.63, 3.8) is 0 Å². The van der Waals surface area contributed by atoms with Crippen LogP contribution >= 0.6 is 0 Å². The molecule has 0 saturated carbocycles. The number of carbonyl (C=O) groups excluding carboxylic acids is 1. The molecule has 0 bridgehead atoms. The summed E-state index contributed by atoms with van der Waals surface area (Å²) in [5.74, 6) is 2.33. The van der Waals surface area contributed by atoms with E-state index in [1.165, 1.54) is 37.9 Å². The lowest BCUT2D eigenvalue weighted by Gasteiger charge is -2.38. The minimum absolute atomic E-state index is 0.138. The molecule has 1 aromatic carbocycles. The van der Waals surface area contributed by atoms with Gasteiger partial charge in [0.1, 0.15) is 18.0 Å². The van der Waals surface area contributed by atoms with Gasteiger partial charge in [-0.25, -0.2) is 4.98 Å². The van der Waals surface area contributed by atoms with Gasteiger partial charge in [-0.3, -0.25) is 4.79 Å². The van der Waals surface area contributed by atoms with Crippen LogP contribution in [0.5, 0.6) is 5.75 Å². The van der Waals surface area contributed by atoms with Gasteiger partial charge < -0.3 is 18.9 Å². The van der Waals surface area contributed by atoms with Gasteiger partial charge in [-0.05, 0) is 93.4 Å².